The highest BCUT2D eigenvalue weighted by atomic mass is 16.2. The van der Waals surface area contributed by atoms with Gasteiger partial charge in [0.25, 0.3) is 11.8 Å². The van der Waals surface area contributed by atoms with Crippen LogP contribution in [0.1, 0.15) is 52.7 Å². The molecule has 2 N–H and O–H groups in total. The average Bonchev–Trinajstić information content (AvgIpc) is 3.38. The van der Waals surface area contributed by atoms with Crippen LogP contribution < -0.4 is 10.6 Å². The van der Waals surface area contributed by atoms with Crippen LogP contribution in [0.15, 0.2) is 59.1 Å². The van der Waals surface area contributed by atoms with Gasteiger partial charge in [-0.05, 0) is 31.9 Å². The topological polar surface area (TPSA) is 94.3 Å². The minimum atomic E-state index is -0.413. The van der Waals surface area contributed by atoms with Gasteiger partial charge < -0.3 is 10.6 Å². The fourth-order valence-corrected chi connectivity index (χ4v) is 3.84. The molecule has 1 heterocycles. The van der Waals surface area contributed by atoms with Crippen molar-refractivity contribution in [3.63, 3.8) is 0 Å². The van der Waals surface area contributed by atoms with E-state index in [2.05, 4.69) is 15.6 Å². The lowest BCUT2D eigenvalue weighted by molar-refractivity contribution is -0.117. The Balaban J connectivity index is 1.66. The molecule has 150 valence electrons. The molecular formula is C24H22N4O2. The average molecular weight is 398 g/mol. The van der Waals surface area contributed by atoms with Gasteiger partial charge in [-0.25, -0.2) is 4.99 Å². The van der Waals surface area contributed by atoms with Crippen LogP contribution in [0.4, 0.5) is 0 Å². The van der Waals surface area contributed by atoms with Crippen molar-refractivity contribution in [2.75, 3.05) is 0 Å². The number of fused-ring (bicyclic) bond motifs is 1. The zero-order valence-corrected chi connectivity index (χ0v) is 16.7. The summed E-state index contributed by atoms with van der Waals surface area (Å²) in [6.45, 7) is 1.95. The van der Waals surface area contributed by atoms with Gasteiger partial charge in [-0.2, -0.15) is 5.26 Å². The number of nitrogens with one attached hydrogen (secondary N) is 2. The summed E-state index contributed by atoms with van der Waals surface area (Å²) in [6.07, 6.45) is 4.02. The number of aryl methyl sites for hydroxylation is 1. The highest BCUT2D eigenvalue weighted by Gasteiger charge is 2.28. The Morgan fingerprint density at radius 3 is 2.37 bits per heavy atom. The van der Waals surface area contributed by atoms with E-state index in [1.54, 1.807) is 18.2 Å². The molecule has 1 aliphatic heterocycles. The number of rotatable bonds is 3. The van der Waals surface area contributed by atoms with Crippen molar-refractivity contribution < 1.29 is 9.59 Å². The third-order valence-corrected chi connectivity index (χ3v) is 5.47. The van der Waals surface area contributed by atoms with Crippen LogP contribution in [-0.2, 0) is 4.79 Å². The molecule has 2 amide bonds. The third kappa shape index (κ3) is 3.87. The van der Waals surface area contributed by atoms with Crippen molar-refractivity contribution in [1.82, 2.24) is 10.6 Å². The molecule has 0 saturated heterocycles. The highest BCUT2D eigenvalue weighted by molar-refractivity contribution is 6.20. The van der Waals surface area contributed by atoms with Gasteiger partial charge in [-0.1, -0.05) is 54.8 Å². The number of carbonyl (C=O) groups excluding carboxylic acids is 2. The van der Waals surface area contributed by atoms with Crippen molar-refractivity contribution in [3.05, 3.63) is 76.4 Å². The van der Waals surface area contributed by atoms with E-state index in [9.17, 15) is 14.9 Å². The molecule has 30 heavy (non-hydrogen) atoms. The lowest BCUT2D eigenvalue weighted by atomic mass is 10.0. The lowest BCUT2D eigenvalue weighted by Crippen LogP contribution is -2.33. The number of hydrogen-bond acceptors (Lipinski definition) is 4. The molecule has 2 aromatic rings. The predicted octanol–water partition coefficient (Wildman–Crippen LogP) is 3.48. The Labute approximate surface area is 175 Å². The Morgan fingerprint density at radius 2 is 1.70 bits per heavy atom. The minimum absolute atomic E-state index is 0.0334. The highest BCUT2D eigenvalue weighted by Crippen LogP contribution is 2.31. The molecule has 1 fully saturated rings. The van der Waals surface area contributed by atoms with Crippen LogP contribution in [0.5, 0.6) is 0 Å². The first-order valence-corrected chi connectivity index (χ1v) is 10.1. The summed E-state index contributed by atoms with van der Waals surface area (Å²) >= 11 is 0. The monoisotopic (exact) mass is 398 g/mol. The van der Waals surface area contributed by atoms with Crippen molar-refractivity contribution in [1.29, 1.82) is 5.26 Å². The summed E-state index contributed by atoms with van der Waals surface area (Å²) in [4.78, 5) is 29.9. The summed E-state index contributed by atoms with van der Waals surface area (Å²) in [5.74, 6) is -0.365. The zero-order valence-electron chi connectivity index (χ0n) is 16.7. The second kappa shape index (κ2) is 8.34. The standard InChI is InChI=1S/C24H22N4O2/c1-15-10-12-16(13-11-15)23(29)28-22-19-9-5-4-8-18(19)21(27-22)20(14-25)24(30)26-17-6-2-3-7-17/h4-5,8-13,17H,2-3,6-7H2,1H3,(H,26,30)(H,27,28,29)/b21-20-. The number of nitriles is 1. The van der Waals surface area contributed by atoms with Gasteiger partial charge in [0.05, 0.1) is 5.70 Å². The lowest BCUT2D eigenvalue weighted by Gasteiger charge is -2.11. The molecule has 2 aromatic carbocycles. The fraction of sp³-hybridized carbons (Fsp3) is 0.250. The van der Waals surface area contributed by atoms with Crippen molar-refractivity contribution in [2.24, 2.45) is 4.99 Å². The van der Waals surface area contributed by atoms with Gasteiger partial charge in [0.1, 0.15) is 17.5 Å². The first-order valence-electron chi connectivity index (χ1n) is 10.1. The van der Waals surface area contributed by atoms with Crippen molar-refractivity contribution in [3.8, 4) is 6.07 Å². The first kappa shape index (κ1) is 19.6. The summed E-state index contributed by atoms with van der Waals surface area (Å²) in [6, 6.07) is 16.6. The minimum Gasteiger partial charge on any atom is -0.349 e. The van der Waals surface area contributed by atoms with Crippen molar-refractivity contribution >= 4 is 23.3 Å². The van der Waals surface area contributed by atoms with Crippen LogP contribution in [-0.4, -0.2) is 23.7 Å². The number of amidine groups is 1. The molecular weight excluding hydrogens is 376 g/mol. The molecule has 2 aliphatic rings. The van der Waals surface area contributed by atoms with E-state index in [4.69, 9.17) is 0 Å². The first-order chi connectivity index (χ1) is 14.6. The number of nitrogens with zero attached hydrogens (tertiary/aromatic N) is 2. The molecule has 0 aromatic heterocycles. The van der Waals surface area contributed by atoms with Crippen LogP contribution in [0.25, 0.3) is 5.70 Å². The van der Waals surface area contributed by atoms with E-state index in [1.165, 1.54) is 0 Å². The molecule has 0 atom stereocenters. The summed E-state index contributed by atoms with van der Waals surface area (Å²) in [7, 11) is 0. The van der Waals surface area contributed by atoms with E-state index < -0.39 is 5.91 Å². The zero-order chi connectivity index (χ0) is 21.1. The van der Waals surface area contributed by atoms with Crippen molar-refractivity contribution in [2.45, 2.75) is 38.6 Å². The predicted molar refractivity (Wildman–Crippen MR) is 115 cm³/mol. The Hall–Kier alpha value is -3.72. The van der Waals surface area contributed by atoms with Crippen LogP contribution in [0, 0.1) is 18.3 Å². The molecule has 4 rings (SSSR count). The summed E-state index contributed by atoms with van der Waals surface area (Å²) in [5.41, 5.74) is 3.19. The van der Waals surface area contributed by atoms with Gasteiger partial charge in [0.15, 0.2) is 0 Å². The Morgan fingerprint density at radius 1 is 1.03 bits per heavy atom. The van der Waals surface area contributed by atoms with E-state index in [-0.39, 0.29) is 17.5 Å². The number of benzene rings is 2. The summed E-state index contributed by atoms with van der Waals surface area (Å²) < 4.78 is 0. The number of carbonyl (C=O) groups is 2. The largest absolute Gasteiger partial charge is 0.349 e. The number of aliphatic imine (C=N–C) groups is 1. The number of amides is 2. The van der Waals surface area contributed by atoms with Gasteiger partial charge in [0.2, 0.25) is 0 Å². The normalized spacial score (nSPS) is 17.0. The molecule has 6 heteroatoms. The van der Waals surface area contributed by atoms with Crippen LogP contribution >= 0.6 is 0 Å². The van der Waals surface area contributed by atoms with Gasteiger partial charge in [-0.15, -0.1) is 0 Å². The quantitative estimate of drug-likeness (QED) is 0.612. The maximum absolute atomic E-state index is 12.8. The SMILES string of the molecule is Cc1ccc(C(=O)NC2=N/C(=C(/C#N)C(=O)NC3CCCC3)c3ccccc32)cc1. The molecule has 1 saturated carbocycles. The van der Waals surface area contributed by atoms with E-state index in [0.29, 0.717) is 28.2 Å². The van der Waals surface area contributed by atoms with Crippen LogP contribution in [0.3, 0.4) is 0 Å². The second-order valence-corrected chi connectivity index (χ2v) is 7.62. The Kier molecular flexibility index (Phi) is 5.44. The number of hydrogen-bond donors (Lipinski definition) is 2. The molecule has 6 nitrogen and oxygen atoms in total. The summed E-state index contributed by atoms with van der Waals surface area (Å²) in [5, 5.41) is 15.5. The molecule has 1 aliphatic carbocycles. The maximum atomic E-state index is 12.8. The fourth-order valence-electron chi connectivity index (χ4n) is 3.84. The maximum Gasteiger partial charge on any atom is 0.264 e. The van der Waals surface area contributed by atoms with Gasteiger partial charge >= 0.3 is 0 Å². The molecule has 0 spiro atoms. The van der Waals surface area contributed by atoms with Gasteiger partial charge in [-0.3, -0.25) is 9.59 Å². The third-order valence-electron chi connectivity index (χ3n) is 5.47. The molecule has 0 radical (unpaired) electrons. The second-order valence-electron chi connectivity index (χ2n) is 7.62. The smallest absolute Gasteiger partial charge is 0.264 e. The van der Waals surface area contributed by atoms with Gasteiger partial charge in [0, 0.05) is 22.7 Å². The van der Waals surface area contributed by atoms with E-state index >= 15 is 0 Å². The Bertz CT molecular complexity index is 1100. The van der Waals surface area contributed by atoms with E-state index in [0.717, 1.165) is 31.2 Å². The van der Waals surface area contributed by atoms with Crippen LogP contribution in [0.2, 0.25) is 0 Å². The van der Waals surface area contributed by atoms with E-state index in [1.807, 2.05) is 43.3 Å². The molecule has 0 bridgehead atoms. The molecule has 0 unspecified atom stereocenters.